The van der Waals surface area contributed by atoms with Crippen molar-refractivity contribution in [1.82, 2.24) is 29.7 Å². The van der Waals surface area contributed by atoms with Crippen LogP contribution >= 0.6 is 0 Å². The second-order valence-corrected chi connectivity index (χ2v) is 7.72. The summed E-state index contributed by atoms with van der Waals surface area (Å²) in [6, 6.07) is 18.5. The molecule has 0 aliphatic heterocycles. The Morgan fingerprint density at radius 1 is 0.971 bits per heavy atom. The molecule has 3 heterocycles. The van der Waals surface area contributed by atoms with Crippen molar-refractivity contribution in [3.8, 4) is 16.9 Å². The first-order valence-electron chi connectivity index (χ1n) is 10.6. The summed E-state index contributed by atoms with van der Waals surface area (Å²) >= 11 is 0. The Hall–Kier alpha value is -4.79. The largest absolute Gasteiger partial charge is 0.355 e. The van der Waals surface area contributed by atoms with E-state index in [9.17, 15) is 9.59 Å². The van der Waals surface area contributed by atoms with Gasteiger partial charge in [-0.1, -0.05) is 29.8 Å². The van der Waals surface area contributed by atoms with E-state index in [2.05, 4.69) is 20.7 Å². The number of anilines is 1. The molecular formula is C25H21N7O2. The van der Waals surface area contributed by atoms with Crippen molar-refractivity contribution in [2.75, 3.05) is 12.4 Å². The number of nitrogens with one attached hydrogen (secondary N) is 2. The van der Waals surface area contributed by atoms with Gasteiger partial charge < -0.3 is 10.6 Å². The van der Waals surface area contributed by atoms with Gasteiger partial charge >= 0.3 is 0 Å². The molecular weight excluding hydrogens is 430 g/mol. The van der Waals surface area contributed by atoms with Crippen molar-refractivity contribution in [3.05, 3.63) is 95.9 Å². The minimum absolute atomic E-state index is 0.186. The second-order valence-electron chi connectivity index (χ2n) is 7.72. The van der Waals surface area contributed by atoms with E-state index in [1.807, 2.05) is 37.3 Å². The number of rotatable bonds is 5. The van der Waals surface area contributed by atoms with Gasteiger partial charge in [0.2, 0.25) is 0 Å². The van der Waals surface area contributed by atoms with Crippen molar-refractivity contribution in [2.45, 2.75) is 6.92 Å². The number of hydrogen-bond donors (Lipinski definition) is 2. The zero-order valence-corrected chi connectivity index (χ0v) is 18.6. The lowest BCUT2D eigenvalue weighted by molar-refractivity contribution is 0.0962. The molecule has 2 amide bonds. The number of aromatic nitrogens is 5. The highest BCUT2D eigenvalue weighted by Crippen LogP contribution is 2.26. The van der Waals surface area contributed by atoms with Crippen LogP contribution in [0, 0.1) is 6.92 Å². The first-order chi connectivity index (χ1) is 16.5. The maximum Gasteiger partial charge on any atom is 0.262 e. The summed E-state index contributed by atoms with van der Waals surface area (Å²) in [5.74, 6) is -0.0639. The molecule has 34 heavy (non-hydrogen) atoms. The molecule has 5 rings (SSSR count). The maximum absolute atomic E-state index is 13.2. The molecule has 0 bridgehead atoms. The number of fused-ring (bicyclic) bond motifs is 1. The fourth-order valence-electron chi connectivity index (χ4n) is 3.63. The van der Waals surface area contributed by atoms with Crippen molar-refractivity contribution in [3.63, 3.8) is 0 Å². The fraction of sp³-hybridized carbons (Fsp3) is 0.0800. The van der Waals surface area contributed by atoms with Crippen LogP contribution in [0.4, 0.5) is 5.82 Å². The minimum Gasteiger partial charge on any atom is -0.355 e. The zero-order chi connectivity index (χ0) is 23.7. The summed E-state index contributed by atoms with van der Waals surface area (Å²) in [7, 11) is 1.59. The third-order valence-corrected chi connectivity index (χ3v) is 5.40. The van der Waals surface area contributed by atoms with E-state index in [4.69, 9.17) is 5.10 Å². The molecule has 5 aromatic rings. The highest BCUT2D eigenvalue weighted by atomic mass is 16.2. The summed E-state index contributed by atoms with van der Waals surface area (Å²) in [4.78, 5) is 29.5. The van der Waals surface area contributed by atoms with Crippen molar-refractivity contribution in [1.29, 1.82) is 0 Å². The van der Waals surface area contributed by atoms with Crippen LogP contribution in [0.15, 0.2) is 79.3 Å². The molecule has 2 aromatic carbocycles. The number of carbonyl (C=O) groups is 2. The van der Waals surface area contributed by atoms with E-state index in [0.717, 1.165) is 16.8 Å². The molecule has 9 nitrogen and oxygen atoms in total. The number of benzene rings is 2. The quantitative estimate of drug-likeness (QED) is 0.425. The van der Waals surface area contributed by atoms with E-state index in [0.29, 0.717) is 28.3 Å². The van der Waals surface area contributed by atoms with Gasteiger partial charge in [0.05, 0.1) is 17.6 Å². The van der Waals surface area contributed by atoms with Gasteiger partial charge in [0.1, 0.15) is 11.4 Å². The van der Waals surface area contributed by atoms with Gasteiger partial charge in [-0.05, 0) is 37.3 Å². The molecule has 0 radical (unpaired) electrons. The Morgan fingerprint density at radius 2 is 1.79 bits per heavy atom. The summed E-state index contributed by atoms with van der Waals surface area (Å²) < 4.78 is 3.21. The summed E-state index contributed by atoms with van der Waals surface area (Å²) in [6.07, 6.45) is 4.83. The monoisotopic (exact) mass is 451 g/mol. The van der Waals surface area contributed by atoms with Gasteiger partial charge in [0, 0.05) is 36.6 Å². The second kappa shape index (κ2) is 8.62. The van der Waals surface area contributed by atoms with Crippen LogP contribution in [0.25, 0.3) is 22.6 Å². The molecule has 0 aliphatic carbocycles. The predicted octanol–water partition coefficient (Wildman–Crippen LogP) is 3.50. The van der Waals surface area contributed by atoms with Gasteiger partial charge in [-0.2, -0.15) is 10.2 Å². The van der Waals surface area contributed by atoms with Crippen molar-refractivity contribution in [2.24, 2.45) is 0 Å². The Labute approximate surface area is 195 Å². The van der Waals surface area contributed by atoms with Gasteiger partial charge in [-0.15, -0.1) is 0 Å². The number of carbonyl (C=O) groups excluding carboxylic acids is 2. The highest BCUT2D eigenvalue weighted by molar-refractivity contribution is 6.08. The molecule has 168 valence electrons. The summed E-state index contributed by atoms with van der Waals surface area (Å²) in [5.41, 5.74) is 4.58. The average Bonchev–Trinajstić information content (AvgIpc) is 3.49. The minimum atomic E-state index is -0.354. The molecule has 3 aromatic heterocycles. The SMILES string of the molecule is CNC(=O)c1cccc(-c2cc(NC(=O)c3cnn4cccnc34)n(-c3ccc(C)cc3)n2)c1. The van der Waals surface area contributed by atoms with Crippen LogP contribution in [0.2, 0.25) is 0 Å². The molecule has 0 saturated heterocycles. The topological polar surface area (TPSA) is 106 Å². The average molecular weight is 451 g/mol. The number of aryl methyl sites for hydroxylation is 1. The normalized spacial score (nSPS) is 10.9. The number of amides is 2. The molecule has 0 saturated carbocycles. The van der Waals surface area contributed by atoms with E-state index in [1.54, 1.807) is 59.0 Å². The zero-order valence-electron chi connectivity index (χ0n) is 18.6. The molecule has 2 N–H and O–H groups in total. The third-order valence-electron chi connectivity index (χ3n) is 5.40. The maximum atomic E-state index is 13.2. The Bertz CT molecular complexity index is 1520. The van der Waals surface area contributed by atoms with Crippen LogP contribution in [0.3, 0.4) is 0 Å². The Morgan fingerprint density at radius 3 is 2.59 bits per heavy atom. The van der Waals surface area contributed by atoms with Gasteiger partial charge in [0.15, 0.2) is 5.65 Å². The van der Waals surface area contributed by atoms with E-state index >= 15 is 0 Å². The van der Waals surface area contributed by atoms with Gasteiger partial charge in [0.25, 0.3) is 11.8 Å². The number of hydrogen-bond acceptors (Lipinski definition) is 5. The van der Waals surface area contributed by atoms with Gasteiger partial charge in [-0.25, -0.2) is 14.2 Å². The van der Waals surface area contributed by atoms with E-state index in [1.165, 1.54) is 6.20 Å². The lowest BCUT2D eigenvalue weighted by atomic mass is 10.1. The first-order valence-corrected chi connectivity index (χ1v) is 10.6. The predicted molar refractivity (Wildman–Crippen MR) is 128 cm³/mol. The van der Waals surface area contributed by atoms with Crippen molar-refractivity contribution < 1.29 is 9.59 Å². The molecule has 0 aliphatic rings. The summed E-state index contributed by atoms with van der Waals surface area (Å²) in [6.45, 7) is 2.00. The summed E-state index contributed by atoms with van der Waals surface area (Å²) in [5, 5.41) is 14.5. The fourth-order valence-corrected chi connectivity index (χ4v) is 3.63. The van der Waals surface area contributed by atoms with Crippen LogP contribution in [0.5, 0.6) is 0 Å². The third kappa shape index (κ3) is 3.90. The lowest BCUT2D eigenvalue weighted by Gasteiger charge is -2.08. The van der Waals surface area contributed by atoms with Crippen molar-refractivity contribution >= 4 is 23.3 Å². The highest BCUT2D eigenvalue weighted by Gasteiger charge is 2.19. The first kappa shape index (κ1) is 21.1. The van der Waals surface area contributed by atoms with Crippen LogP contribution in [-0.4, -0.2) is 43.2 Å². The molecule has 0 atom stereocenters. The Kier molecular flexibility index (Phi) is 5.35. The smallest absolute Gasteiger partial charge is 0.262 e. The molecule has 0 spiro atoms. The lowest BCUT2D eigenvalue weighted by Crippen LogP contribution is -2.17. The van der Waals surface area contributed by atoms with Crippen LogP contribution in [-0.2, 0) is 0 Å². The molecule has 0 unspecified atom stereocenters. The van der Waals surface area contributed by atoms with E-state index < -0.39 is 0 Å². The molecule has 0 fully saturated rings. The standard InChI is InChI=1S/C25H21N7O2/c1-16-7-9-19(10-8-16)32-22(29-25(34)20-15-28-31-12-4-11-27-23(20)31)14-21(30-32)17-5-3-6-18(13-17)24(33)26-2/h3-15H,1-2H3,(H,26,33)(H,29,34). The molecule has 9 heteroatoms. The van der Waals surface area contributed by atoms with E-state index in [-0.39, 0.29) is 11.8 Å². The number of nitrogens with zero attached hydrogens (tertiary/aromatic N) is 5. The Balaban J connectivity index is 1.57. The van der Waals surface area contributed by atoms with Crippen LogP contribution < -0.4 is 10.6 Å². The van der Waals surface area contributed by atoms with Crippen LogP contribution in [0.1, 0.15) is 26.3 Å². The van der Waals surface area contributed by atoms with Gasteiger partial charge in [-0.3, -0.25) is 9.59 Å².